The van der Waals surface area contributed by atoms with Crippen LogP contribution in [0.15, 0.2) is 42.5 Å². The molecular formula is C24H24F2N4O5. The second-order valence-electron chi connectivity index (χ2n) is 7.53. The fraction of sp³-hybridized carbons (Fsp3) is 0.208. The Morgan fingerprint density at radius 1 is 1.11 bits per heavy atom. The lowest BCUT2D eigenvalue weighted by Gasteiger charge is -2.16. The van der Waals surface area contributed by atoms with E-state index in [9.17, 15) is 9.90 Å². The summed E-state index contributed by atoms with van der Waals surface area (Å²) in [5, 5.41) is 17.9. The van der Waals surface area contributed by atoms with E-state index in [-0.39, 0.29) is 35.1 Å². The van der Waals surface area contributed by atoms with E-state index in [0.717, 1.165) is 0 Å². The number of amides is 1. The first-order valence-electron chi connectivity index (χ1n) is 10.5. The average Bonchev–Trinajstić information content (AvgIpc) is 2.82. The van der Waals surface area contributed by atoms with Gasteiger partial charge in [0.25, 0.3) is 17.7 Å². The highest BCUT2D eigenvalue weighted by molar-refractivity contribution is 5.98. The van der Waals surface area contributed by atoms with Crippen LogP contribution in [0, 0.1) is 17.0 Å². The Bertz CT molecular complexity index is 1270. The molecule has 0 radical (unpaired) electrons. The number of amidine groups is 1. The molecule has 0 aliphatic heterocycles. The zero-order valence-electron chi connectivity index (χ0n) is 19.3. The molecule has 0 saturated carbocycles. The minimum atomic E-state index is -1.26. The van der Waals surface area contributed by atoms with Crippen LogP contribution in [0.1, 0.15) is 29.3 Å². The Morgan fingerprint density at radius 3 is 2.40 bits per heavy atom. The molecule has 1 heterocycles. The summed E-state index contributed by atoms with van der Waals surface area (Å²) in [7, 11) is 3.16. The zero-order chi connectivity index (χ0) is 25.7. The third kappa shape index (κ3) is 5.57. The van der Waals surface area contributed by atoms with Crippen LogP contribution in [0.4, 0.5) is 8.78 Å². The highest BCUT2D eigenvalue weighted by atomic mass is 19.1. The number of phenolic OH excluding ortho intramolecular Hbond substituents is 1. The number of rotatable bonds is 9. The van der Waals surface area contributed by atoms with E-state index in [1.54, 1.807) is 27.1 Å². The Hall–Kier alpha value is -4.41. The summed E-state index contributed by atoms with van der Waals surface area (Å²) in [6.07, 6.45) is 0.462. The van der Waals surface area contributed by atoms with Crippen molar-refractivity contribution in [3.05, 3.63) is 65.2 Å². The number of halogens is 2. The number of ether oxygens (including phenoxy) is 3. The Balaban J connectivity index is 2.06. The van der Waals surface area contributed by atoms with Crippen molar-refractivity contribution >= 4 is 11.7 Å². The summed E-state index contributed by atoms with van der Waals surface area (Å²) >= 11 is 0. The molecule has 3 aromatic rings. The van der Waals surface area contributed by atoms with E-state index in [0.29, 0.717) is 6.42 Å². The van der Waals surface area contributed by atoms with Gasteiger partial charge in [-0.25, -0.2) is 0 Å². The Kier molecular flexibility index (Phi) is 7.69. The average molecular weight is 486 g/mol. The first kappa shape index (κ1) is 25.2. The third-order valence-corrected chi connectivity index (χ3v) is 4.63. The molecule has 4 N–H and O–H groups in total. The number of nitrogen functional groups attached to an aromatic ring is 1. The highest BCUT2D eigenvalue weighted by Gasteiger charge is 2.26. The maximum absolute atomic E-state index is 15.1. The van der Waals surface area contributed by atoms with Gasteiger partial charge < -0.3 is 30.0 Å². The van der Waals surface area contributed by atoms with E-state index < -0.39 is 40.7 Å². The predicted octanol–water partition coefficient (Wildman–Crippen LogP) is 4.42. The van der Waals surface area contributed by atoms with Crippen molar-refractivity contribution in [2.45, 2.75) is 13.3 Å². The number of nitrogens with one attached hydrogen (secondary N) is 1. The summed E-state index contributed by atoms with van der Waals surface area (Å²) in [4.78, 5) is 17.4. The fourth-order valence-electron chi connectivity index (χ4n) is 2.94. The van der Waals surface area contributed by atoms with E-state index in [1.165, 1.54) is 41.3 Å². The lowest BCUT2D eigenvalue weighted by atomic mass is 10.1. The smallest absolute Gasteiger partial charge is 0.263 e. The van der Waals surface area contributed by atoms with Crippen LogP contribution in [0.5, 0.6) is 34.8 Å². The molecule has 0 saturated heterocycles. The second kappa shape index (κ2) is 10.7. The molecule has 0 spiro atoms. The van der Waals surface area contributed by atoms with Crippen LogP contribution < -0.4 is 19.9 Å². The van der Waals surface area contributed by atoms with Crippen molar-refractivity contribution in [2.24, 2.45) is 5.73 Å². The summed E-state index contributed by atoms with van der Waals surface area (Å²) in [5.41, 5.74) is 5.66. The standard InChI is InChI=1S/C24H24F2N4O5/c1-4-11-33-20-17(25)22(34-14-8-5-7-13(12-14)24(32)30(2)3)29-23(18(20)26)35-16-10-6-9-15(19(16)31)21(27)28/h5-10,12,31H,4,11H2,1-3H3,(H3,27,28). The van der Waals surface area contributed by atoms with Crippen molar-refractivity contribution in [3.8, 4) is 34.8 Å². The second-order valence-corrected chi connectivity index (χ2v) is 7.53. The van der Waals surface area contributed by atoms with E-state index >= 15 is 8.78 Å². The molecule has 9 nitrogen and oxygen atoms in total. The molecule has 11 heteroatoms. The molecule has 0 aliphatic rings. The Morgan fingerprint density at radius 2 is 1.77 bits per heavy atom. The molecule has 0 bridgehead atoms. The van der Waals surface area contributed by atoms with Crippen LogP contribution in [0.2, 0.25) is 0 Å². The molecule has 3 rings (SSSR count). The molecule has 0 fully saturated rings. The normalized spacial score (nSPS) is 10.5. The molecule has 1 amide bonds. The molecule has 1 aromatic heterocycles. The van der Waals surface area contributed by atoms with Crippen LogP contribution in [-0.2, 0) is 0 Å². The topological polar surface area (TPSA) is 131 Å². The van der Waals surface area contributed by atoms with Crippen LogP contribution in [-0.4, -0.2) is 47.4 Å². The fourth-order valence-corrected chi connectivity index (χ4v) is 2.94. The molecule has 0 unspecified atom stereocenters. The quantitative estimate of drug-likeness (QED) is 0.301. The first-order chi connectivity index (χ1) is 16.6. The molecule has 184 valence electrons. The van der Waals surface area contributed by atoms with Gasteiger partial charge in [0.1, 0.15) is 11.6 Å². The number of hydrogen-bond acceptors (Lipinski definition) is 7. The van der Waals surface area contributed by atoms with Gasteiger partial charge in [-0.05, 0) is 36.8 Å². The number of pyridine rings is 1. The molecule has 2 aromatic carbocycles. The van der Waals surface area contributed by atoms with E-state index in [1.807, 2.05) is 0 Å². The van der Waals surface area contributed by atoms with Gasteiger partial charge in [-0.2, -0.15) is 13.8 Å². The number of carbonyl (C=O) groups excluding carboxylic acids is 1. The van der Waals surface area contributed by atoms with Crippen molar-refractivity contribution < 1.29 is 32.9 Å². The van der Waals surface area contributed by atoms with Crippen molar-refractivity contribution in [1.29, 1.82) is 5.41 Å². The zero-order valence-corrected chi connectivity index (χ0v) is 19.3. The number of para-hydroxylation sites is 1. The maximum Gasteiger partial charge on any atom is 0.263 e. The summed E-state index contributed by atoms with van der Waals surface area (Å²) in [6, 6.07) is 10.0. The Labute approximate surface area is 200 Å². The predicted molar refractivity (Wildman–Crippen MR) is 124 cm³/mol. The summed E-state index contributed by atoms with van der Waals surface area (Å²) < 4.78 is 46.4. The van der Waals surface area contributed by atoms with Crippen molar-refractivity contribution in [1.82, 2.24) is 9.88 Å². The maximum atomic E-state index is 15.1. The van der Waals surface area contributed by atoms with E-state index in [2.05, 4.69) is 4.98 Å². The van der Waals surface area contributed by atoms with E-state index in [4.69, 9.17) is 25.4 Å². The number of benzene rings is 2. The summed E-state index contributed by atoms with van der Waals surface area (Å²) in [5.74, 6) is -6.17. The number of aromatic hydroxyl groups is 1. The SMILES string of the molecule is CCCOc1c(F)c(Oc2cccc(C(=O)N(C)C)c2)nc(Oc2cccc(C(=N)N)c2O)c1F. The monoisotopic (exact) mass is 486 g/mol. The number of carbonyl (C=O) groups is 1. The largest absolute Gasteiger partial charge is 0.504 e. The van der Waals surface area contributed by atoms with Gasteiger partial charge in [-0.15, -0.1) is 0 Å². The number of phenols is 1. The lowest BCUT2D eigenvalue weighted by Crippen LogP contribution is -2.21. The number of nitrogens with zero attached hydrogens (tertiary/aromatic N) is 2. The van der Waals surface area contributed by atoms with Gasteiger partial charge in [0.05, 0.1) is 12.2 Å². The van der Waals surface area contributed by atoms with Gasteiger partial charge in [-0.1, -0.05) is 19.1 Å². The molecule has 35 heavy (non-hydrogen) atoms. The number of nitrogens with two attached hydrogens (primary N) is 1. The molecule has 0 aliphatic carbocycles. The minimum absolute atomic E-state index is 0.00533. The van der Waals surface area contributed by atoms with Gasteiger partial charge in [0, 0.05) is 19.7 Å². The van der Waals surface area contributed by atoms with Gasteiger partial charge in [-0.3, -0.25) is 10.2 Å². The third-order valence-electron chi connectivity index (χ3n) is 4.63. The molecular weight excluding hydrogens is 462 g/mol. The summed E-state index contributed by atoms with van der Waals surface area (Å²) in [6.45, 7) is 1.75. The van der Waals surface area contributed by atoms with Crippen molar-refractivity contribution in [3.63, 3.8) is 0 Å². The van der Waals surface area contributed by atoms with Gasteiger partial charge in [0.15, 0.2) is 11.5 Å². The van der Waals surface area contributed by atoms with Crippen molar-refractivity contribution in [2.75, 3.05) is 20.7 Å². The van der Waals surface area contributed by atoms with Gasteiger partial charge >= 0.3 is 0 Å². The van der Waals surface area contributed by atoms with Crippen LogP contribution in [0.25, 0.3) is 0 Å². The van der Waals surface area contributed by atoms with Crippen LogP contribution in [0.3, 0.4) is 0 Å². The first-order valence-corrected chi connectivity index (χ1v) is 10.5. The number of hydrogen-bond donors (Lipinski definition) is 3. The van der Waals surface area contributed by atoms with Crippen LogP contribution >= 0.6 is 0 Å². The highest BCUT2D eigenvalue weighted by Crippen LogP contribution is 2.40. The van der Waals surface area contributed by atoms with Gasteiger partial charge in [0.2, 0.25) is 17.4 Å². The molecule has 0 atom stereocenters. The number of aromatic nitrogens is 1. The lowest BCUT2D eigenvalue weighted by molar-refractivity contribution is 0.0827. The minimum Gasteiger partial charge on any atom is -0.504 e.